The Morgan fingerprint density at radius 3 is 2.67 bits per heavy atom. The largest absolute Gasteiger partial charge is 0.325 e. The van der Waals surface area contributed by atoms with Gasteiger partial charge in [-0.1, -0.05) is 29.3 Å². The summed E-state index contributed by atoms with van der Waals surface area (Å²) >= 11 is 11.5. The second-order valence-corrected chi connectivity index (χ2v) is 3.07. The Morgan fingerprint density at radius 2 is 2.08 bits per heavy atom. The molecule has 0 bridgehead atoms. The van der Waals surface area contributed by atoms with Gasteiger partial charge in [0.1, 0.15) is 0 Å². The number of anilines is 1. The highest BCUT2D eigenvalue weighted by atomic mass is 35.5. The van der Waals surface area contributed by atoms with Crippen LogP contribution in [0.15, 0.2) is 18.2 Å². The van der Waals surface area contributed by atoms with Gasteiger partial charge in [0.05, 0.1) is 15.7 Å². The van der Waals surface area contributed by atoms with Crippen molar-refractivity contribution in [3.63, 3.8) is 0 Å². The van der Waals surface area contributed by atoms with Gasteiger partial charge in [0.15, 0.2) is 0 Å². The third-order valence-electron chi connectivity index (χ3n) is 1.26. The van der Waals surface area contributed by atoms with Crippen LogP contribution in [0, 0.1) is 0 Å². The van der Waals surface area contributed by atoms with E-state index in [1.807, 2.05) is 0 Å². The van der Waals surface area contributed by atoms with Gasteiger partial charge < -0.3 is 5.32 Å². The number of nitrogens with one attached hydrogen (secondary N) is 1. The van der Waals surface area contributed by atoms with Gasteiger partial charge >= 0.3 is 0 Å². The molecule has 0 aliphatic carbocycles. The summed E-state index contributed by atoms with van der Waals surface area (Å²) < 4.78 is 0. The number of carbonyl (C=O) groups excluding carboxylic acids is 1. The molecular weight excluding hydrogens is 197 g/mol. The van der Waals surface area contributed by atoms with Crippen LogP contribution in [0.3, 0.4) is 0 Å². The summed E-state index contributed by atoms with van der Waals surface area (Å²) in [6.07, 6.45) is 0. The fourth-order valence-electron chi connectivity index (χ4n) is 0.790. The van der Waals surface area contributed by atoms with E-state index in [1.54, 1.807) is 18.2 Å². The van der Waals surface area contributed by atoms with Crippen LogP contribution in [0.25, 0.3) is 0 Å². The fraction of sp³-hybridized carbons (Fsp3) is 0.125. The lowest BCUT2D eigenvalue weighted by molar-refractivity contribution is -0.114. The number of halogens is 2. The second kappa shape index (κ2) is 3.78. The summed E-state index contributed by atoms with van der Waals surface area (Å²) in [5.74, 6) is -0.167. The first kappa shape index (κ1) is 9.36. The summed E-state index contributed by atoms with van der Waals surface area (Å²) in [4.78, 5) is 10.7. The molecule has 1 amide bonds. The predicted octanol–water partition coefficient (Wildman–Crippen LogP) is 2.95. The van der Waals surface area contributed by atoms with Gasteiger partial charge in [-0.05, 0) is 12.1 Å². The van der Waals surface area contributed by atoms with Crippen LogP contribution in [0.2, 0.25) is 10.0 Å². The van der Waals surface area contributed by atoms with Crippen molar-refractivity contribution in [2.75, 3.05) is 5.32 Å². The third kappa shape index (κ3) is 2.13. The van der Waals surface area contributed by atoms with Gasteiger partial charge in [0, 0.05) is 6.92 Å². The van der Waals surface area contributed by atoms with Crippen molar-refractivity contribution in [2.24, 2.45) is 0 Å². The molecular formula is C8H7Cl2NO. The lowest BCUT2D eigenvalue weighted by Gasteiger charge is -2.04. The lowest BCUT2D eigenvalue weighted by atomic mass is 10.3. The molecule has 0 radical (unpaired) electrons. The normalized spacial score (nSPS) is 9.58. The highest BCUT2D eigenvalue weighted by molar-refractivity contribution is 6.43. The number of carbonyl (C=O) groups is 1. The van der Waals surface area contributed by atoms with Crippen molar-refractivity contribution in [2.45, 2.75) is 6.92 Å². The second-order valence-electron chi connectivity index (χ2n) is 2.28. The van der Waals surface area contributed by atoms with Gasteiger partial charge in [-0.25, -0.2) is 0 Å². The summed E-state index contributed by atoms with van der Waals surface area (Å²) in [5, 5.41) is 3.36. The monoisotopic (exact) mass is 203 g/mol. The van der Waals surface area contributed by atoms with Gasteiger partial charge in [-0.2, -0.15) is 0 Å². The van der Waals surface area contributed by atoms with E-state index >= 15 is 0 Å². The Hall–Kier alpha value is -0.730. The SMILES string of the molecule is CC(=O)Nc1cccc(Cl)c1Cl. The molecule has 0 heterocycles. The van der Waals surface area contributed by atoms with E-state index in [9.17, 15) is 4.79 Å². The third-order valence-corrected chi connectivity index (χ3v) is 2.08. The molecule has 2 nitrogen and oxygen atoms in total. The number of rotatable bonds is 1. The predicted molar refractivity (Wildman–Crippen MR) is 50.8 cm³/mol. The molecule has 0 spiro atoms. The van der Waals surface area contributed by atoms with Crippen molar-refractivity contribution >= 4 is 34.8 Å². The maximum atomic E-state index is 10.7. The van der Waals surface area contributed by atoms with Gasteiger partial charge in [-0.3, -0.25) is 4.79 Å². The lowest BCUT2D eigenvalue weighted by Crippen LogP contribution is -2.05. The van der Waals surface area contributed by atoms with Crippen molar-refractivity contribution in [3.8, 4) is 0 Å². The van der Waals surface area contributed by atoms with Crippen LogP contribution in [0.1, 0.15) is 6.92 Å². The van der Waals surface area contributed by atoms with Crippen molar-refractivity contribution in [1.82, 2.24) is 0 Å². The first-order valence-corrected chi connectivity index (χ1v) is 4.08. The Balaban J connectivity index is 3.00. The Morgan fingerprint density at radius 1 is 1.42 bits per heavy atom. The molecule has 4 heteroatoms. The van der Waals surface area contributed by atoms with E-state index in [0.29, 0.717) is 15.7 Å². The van der Waals surface area contributed by atoms with E-state index in [0.717, 1.165) is 0 Å². The van der Waals surface area contributed by atoms with Crippen LogP contribution in [-0.2, 0) is 4.79 Å². The molecule has 0 saturated heterocycles. The van der Waals surface area contributed by atoms with E-state index in [-0.39, 0.29) is 5.91 Å². The zero-order chi connectivity index (χ0) is 9.14. The van der Waals surface area contributed by atoms with E-state index in [1.165, 1.54) is 6.92 Å². The summed E-state index contributed by atoms with van der Waals surface area (Å²) in [6, 6.07) is 5.07. The number of hydrogen-bond acceptors (Lipinski definition) is 1. The van der Waals surface area contributed by atoms with Gasteiger partial charge in [0.2, 0.25) is 5.91 Å². The highest BCUT2D eigenvalue weighted by Crippen LogP contribution is 2.29. The molecule has 1 aromatic carbocycles. The summed E-state index contributed by atoms with van der Waals surface area (Å²) in [7, 11) is 0. The fourth-order valence-corrected chi connectivity index (χ4v) is 1.14. The number of benzene rings is 1. The average molecular weight is 204 g/mol. The number of hydrogen-bond donors (Lipinski definition) is 1. The first-order chi connectivity index (χ1) is 5.61. The van der Waals surface area contributed by atoms with Gasteiger partial charge in [0.25, 0.3) is 0 Å². The van der Waals surface area contributed by atoms with Crippen molar-refractivity contribution < 1.29 is 4.79 Å². The summed E-state index contributed by atoms with van der Waals surface area (Å²) in [6.45, 7) is 1.41. The number of amides is 1. The smallest absolute Gasteiger partial charge is 0.221 e. The molecule has 1 rings (SSSR count). The van der Waals surface area contributed by atoms with Crippen LogP contribution in [0.4, 0.5) is 5.69 Å². The topological polar surface area (TPSA) is 29.1 Å². The molecule has 0 unspecified atom stereocenters. The molecule has 0 aliphatic rings. The minimum absolute atomic E-state index is 0.167. The minimum atomic E-state index is -0.167. The Labute approximate surface area is 80.5 Å². The molecule has 1 N–H and O–H groups in total. The molecule has 12 heavy (non-hydrogen) atoms. The minimum Gasteiger partial charge on any atom is -0.325 e. The standard InChI is InChI=1S/C8H7Cl2NO/c1-5(12)11-7-4-2-3-6(9)8(7)10/h2-4H,1H3,(H,11,12). The zero-order valence-corrected chi connectivity index (χ0v) is 7.91. The quantitative estimate of drug-likeness (QED) is 0.748. The van der Waals surface area contributed by atoms with E-state index < -0.39 is 0 Å². The summed E-state index contributed by atoms with van der Waals surface area (Å²) in [5.41, 5.74) is 0.539. The van der Waals surface area contributed by atoms with Crippen LogP contribution < -0.4 is 5.32 Å². The van der Waals surface area contributed by atoms with Crippen LogP contribution in [0.5, 0.6) is 0 Å². The van der Waals surface area contributed by atoms with Crippen LogP contribution >= 0.6 is 23.2 Å². The zero-order valence-electron chi connectivity index (χ0n) is 6.40. The molecule has 0 atom stereocenters. The Kier molecular flexibility index (Phi) is 2.95. The molecule has 64 valence electrons. The van der Waals surface area contributed by atoms with Crippen molar-refractivity contribution in [3.05, 3.63) is 28.2 Å². The highest BCUT2D eigenvalue weighted by Gasteiger charge is 2.04. The molecule has 0 aromatic heterocycles. The van der Waals surface area contributed by atoms with Crippen molar-refractivity contribution in [1.29, 1.82) is 0 Å². The van der Waals surface area contributed by atoms with E-state index in [4.69, 9.17) is 23.2 Å². The maximum absolute atomic E-state index is 10.7. The molecule has 0 fully saturated rings. The van der Waals surface area contributed by atoms with Crippen LogP contribution in [-0.4, -0.2) is 5.91 Å². The molecule has 1 aromatic rings. The van der Waals surface area contributed by atoms with E-state index in [2.05, 4.69) is 5.32 Å². The molecule has 0 saturated carbocycles. The molecule has 0 aliphatic heterocycles. The first-order valence-electron chi connectivity index (χ1n) is 3.33. The van der Waals surface area contributed by atoms with Gasteiger partial charge in [-0.15, -0.1) is 0 Å². The Bertz CT molecular complexity index is 312. The average Bonchev–Trinajstić information content (AvgIpc) is 1.98. The maximum Gasteiger partial charge on any atom is 0.221 e.